The lowest BCUT2D eigenvalue weighted by Crippen LogP contribution is -2.39. The van der Waals surface area contributed by atoms with Crippen molar-refractivity contribution in [3.63, 3.8) is 0 Å². The van der Waals surface area contributed by atoms with Crippen LogP contribution in [0.2, 0.25) is 0 Å². The van der Waals surface area contributed by atoms with Crippen molar-refractivity contribution >= 4 is 5.96 Å². The molecule has 0 saturated carbocycles. The Balaban J connectivity index is 1.78. The lowest BCUT2D eigenvalue weighted by molar-refractivity contribution is 0.409. The van der Waals surface area contributed by atoms with Crippen molar-refractivity contribution in [1.29, 1.82) is 0 Å². The Morgan fingerprint density at radius 3 is 2.52 bits per heavy atom. The van der Waals surface area contributed by atoms with Gasteiger partial charge in [0, 0.05) is 20.1 Å². The van der Waals surface area contributed by atoms with E-state index < -0.39 is 0 Å². The number of hydrogen-bond donors (Lipinski definition) is 2. The molecule has 0 aromatic heterocycles. The monoisotopic (exact) mass is 343 g/mol. The third-order valence-corrected chi connectivity index (χ3v) is 3.94. The van der Waals surface area contributed by atoms with Crippen molar-refractivity contribution in [2.24, 2.45) is 4.99 Å². The second-order valence-corrected chi connectivity index (χ2v) is 5.87. The number of aliphatic imine (C=N–C) groups is 1. The molecule has 4 nitrogen and oxygen atoms in total. The molecule has 134 valence electrons. The van der Waals surface area contributed by atoms with Gasteiger partial charge in [-0.05, 0) is 49.1 Å². The van der Waals surface area contributed by atoms with E-state index in [1.165, 1.54) is 17.2 Å². The Bertz CT molecular complexity index is 716. The zero-order valence-corrected chi connectivity index (χ0v) is 15.1. The lowest BCUT2D eigenvalue weighted by atomic mass is 10.1. The van der Waals surface area contributed by atoms with Crippen LogP contribution < -0.4 is 15.4 Å². The fourth-order valence-electron chi connectivity index (χ4n) is 2.66. The first-order valence-electron chi connectivity index (χ1n) is 8.45. The Morgan fingerprint density at radius 2 is 1.84 bits per heavy atom. The normalized spacial score (nSPS) is 11.3. The summed E-state index contributed by atoms with van der Waals surface area (Å²) in [5, 5.41) is 6.54. The molecule has 0 unspecified atom stereocenters. The van der Waals surface area contributed by atoms with Crippen LogP contribution in [-0.4, -0.2) is 33.2 Å². The molecule has 0 radical (unpaired) electrons. The van der Waals surface area contributed by atoms with Gasteiger partial charge >= 0.3 is 0 Å². The fourth-order valence-corrected chi connectivity index (χ4v) is 2.66. The van der Waals surface area contributed by atoms with E-state index in [1.54, 1.807) is 26.3 Å². The van der Waals surface area contributed by atoms with Gasteiger partial charge in [-0.2, -0.15) is 0 Å². The number of nitrogens with one attached hydrogen (secondary N) is 2. The highest BCUT2D eigenvalue weighted by Crippen LogP contribution is 2.19. The number of rotatable bonds is 7. The number of hydrogen-bond acceptors (Lipinski definition) is 2. The van der Waals surface area contributed by atoms with E-state index in [2.05, 4.69) is 28.6 Å². The van der Waals surface area contributed by atoms with E-state index >= 15 is 0 Å². The second kappa shape index (κ2) is 9.67. The molecular formula is C20H26FN3O. The first kappa shape index (κ1) is 18.8. The SMILES string of the molecule is CN=C(NCCc1cccc(F)c1)NCCc1cc(C)ccc1OC. The van der Waals surface area contributed by atoms with Gasteiger partial charge in [0.1, 0.15) is 11.6 Å². The van der Waals surface area contributed by atoms with Gasteiger partial charge in [0.2, 0.25) is 0 Å². The molecular weight excluding hydrogens is 317 g/mol. The highest BCUT2D eigenvalue weighted by atomic mass is 19.1. The summed E-state index contributed by atoms with van der Waals surface area (Å²) in [7, 11) is 3.43. The van der Waals surface area contributed by atoms with Gasteiger partial charge in [-0.3, -0.25) is 4.99 Å². The van der Waals surface area contributed by atoms with Crippen LogP contribution in [0.4, 0.5) is 4.39 Å². The number of nitrogens with zero attached hydrogens (tertiary/aromatic N) is 1. The molecule has 0 amide bonds. The summed E-state index contributed by atoms with van der Waals surface area (Å²) in [4.78, 5) is 4.22. The van der Waals surface area contributed by atoms with Crippen molar-refractivity contribution in [1.82, 2.24) is 10.6 Å². The molecule has 0 aliphatic carbocycles. The molecule has 0 atom stereocenters. The Labute approximate surface area is 149 Å². The maximum Gasteiger partial charge on any atom is 0.190 e. The van der Waals surface area contributed by atoms with Crippen LogP contribution in [0.5, 0.6) is 5.75 Å². The van der Waals surface area contributed by atoms with Crippen molar-refractivity contribution < 1.29 is 9.13 Å². The van der Waals surface area contributed by atoms with Crippen molar-refractivity contribution in [3.8, 4) is 5.75 Å². The minimum Gasteiger partial charge on any atom is -0.496 e. The van der Waals surface area contributed by atoms with Crippen molar-refractivity contribution in [2.45, 2.75) is 19.8 Å². The number of guanidine groups is 1. The lowest BCUT2D eigenvalue weighted by Gasteiger charge is -2.13. The van der Waals surface area contributed by atoms with Crippen LogP contribution in [0.1, 0.15) is 16.7 Å². The predicted molar refractivity (Wildman–Crippen MR) is 101 cm³/mol. The third kappa shape index (κ3) is 6.10. The zero-order valence-electron chi connectivity index (χ0n) is 15.1. The summed E-state index contributed by atoms with van der Waals surface area (Å²) in [5.41, 5.74) is 3.35. The second-order valence-electron chi connectivity index (χ2n) is 5.87. The Morgan fingerprint density at radius 1 is 1.08 bits per heavy atom. The average Bonchev–Trinajstić information content (AvgIpc) is 2.60. The van der Waals surface area contributed by atoms with Crippen molar-refractivity contribution in [2.75, 3.05) is 27.2 Å². The van der Waals surface area contributed by atoms with Crippen LogP contribution in [0.15, 0.2) is 47.5 Å². The minimum absolute atomic E-state index is 0.202. The minimum atomic E-state index is -0.202. The van der Waals surface area contributed by atoms with Gasteiger partial charge in [-0.15, -0.1) is 0 Å². The first-order valence-corrected chi connectivity index (χ1v) is 8.45. The molecule has 0 aliphatic heterocycles. The molecule has 0 heterocycles. The Kier molecular flexibility index (Phi) is 7.26. The van der Waals surface area contributed by atoms with Gasteiger partial charge in [0.25, 0.3) is 0 Å². The van der Waals surface area contributed by atoms with Crippen LogP contribution in [0.3, 0.4) is 0 Å². The molecule has 0 fully saturated rings. The number of methoxy groups -OCH3 is 1. The van der Waals surface area contributed by atoms with E-state index in [1.807, 2.05) is 18.2 Å². The molecule has 0 bridgehead atoms. The van der Waals surface area contributed by atoms with E-state index in [0.29, 0.717) is 6.54 Å². The summed E-state index contributed by atoms with van der Waals surface area (Å²) in [5.74, 6) is 1.44. The highest BCUT2D eigenvalue weighted by Gasteiger charge is 2.04. The largest absolute Gasteiger partial charge is 0.496 e. The molecule has 0 spiro atoms. The molecule has 0 saturated heterocycles. The van der Waals surface area contributed by atoms with E-state index in [-0.39, 0.29) is 5.82 Å². The maximum atomic E-state index is 13.2. The zero-order chi connectivity index (χ0) is 18.1. The molecule has 2 N–H and O–H groups in total. The van der Waals surface area contributed by atoms with Gasteiger partial charge in [0.15, 0.2) is 5.96 Å². The quantitative estimate of drug-likeness (QED) is 0.600. The Hall–Kier alpha value is -2.56. The summed E-state index contributed by atoms with van der Waals surface area (Å²) >= 11 is 0. The third-order valence-electron chi connectivity index (χ3n) is 3.94. The number of halogens is 1. The molecule has 5 heteroatoms. The van der Waals surface area contributed by atoms with Crippen LogP contribution in [0.25, 0.3) is 0 Å². The highest BCUT2D eigenvalue weighted by molar-refractivity contribution is 5.79. The smallest absolute Gasteiger partial charge is 0.190 e. The van der Waals surface area contributed by atoms with Gasteiger partial charge in [0.05, 0.1) is 7.11 Å². The number of aryl methyl sites for hydroxylation is 1. The van der Waals surface area contributed by atoms with Crippen LogP contribution in [0, 0.1) is 12.7 Å². The fraction of sp³-hybridized carbons (Fsp3) is 0.350. The molecule has 2 rings (SSSR count). The summed E-state index contributed by atoms with van der Waals surface area (Å²) in [6.07, 6.45) is 1.58. The van der Waals surface area contributed by atoms with Gasteiger partial charge in [-0.25, -0.2) is 4.39 Å². The molecule has 2 aromatic rings. The van der Waals surface area contributed by atoms with Crippen LogP contribution in [-0.2, 0) is 12.8 Å². The van der Waals surface area contributed by atoms with E-state index in [0.717, 1.165) is 36.7 Å². The summed E-state index contributed by atoms with van der Waals surface area (Å²) in [6, 6.07) is 12.8. The number of benzene rings is 2. The average molecular weight is 343 g/mol. The molecule has 2 aromatic carbocycles. The maximum absolute atomic E-state index is 13.2. The topological polar surface area (TPSA) is 45.7 Å². The molecule has 25 heavy (non-hydrogen) atoms. The van der Waals surface area contributed by atoms with Crippen LogP contribution >= 0.6 is 0 Å². The predicted octanol–water partition coefficient (Wildman–Crippen LogP) is 3.09. The van der Waals surface area contributed by atoms with E-state index in [9.17, 15) is 4.39 Å². The van der Waals surface area contributed by atoms with Gasteiger partial charge in [-0.1, -0.05) is 29.8 Å². The standard InChI is InChI=1S/C20H26FN3O/c1-15-7-8-19(25-3)17(13-15)10-12-24-20(22-2)23-11-9-16-5-4-6-18(21)14-16/h4-8,13-14H,9-12H2,1-3H3,(H2,22,23,24). The summed E-state index contributed by atoms with van der Waals surface area (Å²) < 4.78 is 18.6. The molecule has 0 aliphatic rings. The van der Waals surface area contributed by atoms with E-state index in [4.69, 9.17) is 4.74 Å². The first-order chi connectivity index (χ1) is 12.1. The van der Waals surface area contributed by atoms with Gasteiger partial charge < -0.3 is 15.4 Å². The summed E-state index contributed by atoms with van der Waals surface area (Å²) in [6.45, 7) is 3.51. The number of ether oxygens (including phenoxy) is 1. The van der Waals surface area contributed by atoms with Crippen molar-refractivity contribution in [3.05, 3.63) is 65.0 Å².